The summed E-state index contributed by atoms with van der Waals surface area (Å²) in [7, 11) is 1.30. The molecule has 2 atom stereocenters. The Morgan fingerprint density at radius 2 is 1.68 bits per heavy atom. The van der Waals surface area contributed by atoms with Gasteiger partial charge in [0.1, 0.15) is 12.6 Å². The predicted molar refractivity (Wildman–Crippen MR) is 150 cm³/mol. The van der Waals surface area contributed by atoms with Crippen LogP contribution in [0.4, 0.5) is 23.7 Å². The fourth-order valence-corrected chi connectivity index (χ4v) is 5.10. The highest BCUT2D eigenvalue weighted by Gasteiger charge is 2.63. The van der Waals surface area contributed by atoms with Gasteiger partial charge in [-0.3, -0.25) is 14.9 Å². The van der Waals surface area contributed by atoms with Crippen molar-refractivity contribution in [1.82, 2.24) is 10.2 Å². The first kappa shape index (κ1) is 32.7. The van der Waals surface area contributed by atoms with Crippen molar-refractivity contribution in [3.8, 4) is 0 Å². The first-order chi connectivity index (χ1) is 20.8. The third-order valence-electron chi connectivity index (χ3n) is 8.21. The lowest BCUT2D eigenvalue weighted by molar-refractivity contribution is -0.384. The number of non-ortho nitro benzene ring substituents is 1. The van der Waals surface area contributed by atoms with Crippen molar-refractivity contribution in [2.45, 2.75) is 63.5 Å². The molecule has 1 N–H and O–H groups in total. The number of halogens is 3. The molecular formula is C30H34F3N3O8. The van der Waals surface area contributed by atoms with Crippen LogP contribution in [0.5, 0.6) is 0 Å². The number of ether oxygens (including phenoxy) is 3. The number of alkyl halides is 3. The van der Waals surface area contributed by atoms with E-state index in [-0.39, 0.29) is 31.1 Å². The first-order valence-electron chi connectivity index (χ1n) is 14.2. The Morgan fingerprint density at radius 1 is 1.07 bits per heavy atom. The number of nitrogens with one attached hydrogen (secondary N) is 1. The van der Waals surface area contributed by atoms with E-state index in [1.807, 2.05) is 12.1 Å². The van der Waals surface area contributed by atoms with E-state index in [2.05, 4.69) is 5.32 Å². The monoisotopic (exact) mass is 621 g/mol. The summed E-state index contributed by atoms with van der Waals surface area (Å²) in [6.45, 7) is 1.21. The molecule has 4 rings (SSSR count). The number of piperidine rings is 1. The summed E-state index contributed by atoms with van der Waals surface area (Å²) < 4.78 is 56.0. The normalized spacial score (nSPS) is 17.7. The van der Waals surface area contributed by atoms with E-state index in [4.69, 9.17) is 14.2 Å². The summed E-state index contributed by atoms with van der Waals surface area (Å²) in [5.41, 5.74) is -0.212. The number of hydrogen-bond acceptors (Lipinski definition) is 8. The Morgan fingerprint density at radius 3 is 2.20 bits per heavy atom. The number of nitro groups is 1. The van der Waals surface area contributed by atoms with Crippen LogP contribution in [0.15, 0.2) is 48.5 Å². The predicted octanol–water partition coefficient (Wildman–Crippen LogP) is 5.13. The molecule has 0 radical (unpaired) electrons. The molecule has 11 nitrogen and oxygen atoms in total. The van der Waals surface area contributed by atoms with Gasteiger partial charge in [-0.15, -0.1) is 0 Å². The van der Waals surface area contributed by atoms with Crippen molar-refractivity contribution in [2.75, 3.05) is 26.8 Å². The lowest BCUT2D eigenvalue weighted by Gasteiger charge is -2.36. The van der Waals surface area contributed by atoms with Crippen LogP contribution in [-0.4, -0.2) is 72.9 Å². The smallest absolute Gasteiger partial charge is 0.408 e. The van der Waals surface area contributed by atoms with Crippen LogP contribution in [0.3, 0.4) is 0 Å². The standard InChI is InChI=1S/C30H34F3N3O8/c1-19(44-18-29(13-14-29)30(31,32)33)25(34-28(39)43-17-20-3-9-24(10-4-20)36(40)41)26(37)35-15-11-22(12-16-35)21-5-7-23(8-6-21)27(38)42-2/h3-10,19,22,25H,11-18H2,1-2H3,(H,34,39)/t19-,25+/m1/s1. The molecule has 1 aliphatic heterocycles. The van der Waals surface area contributed by atoms with Crippen molar-refractivity contribution < 1.29 is 46.7 Å². The van der Waals surface area contributed by atoms with Gasteiger partial charge in [-0.2, -0.15) is 13.2 Å². The number of nitro benzene ring substituents is 1. The molecule has 2 aromatic rings. The lowest BCUT2D eigenvalue weighted by atomic mass is 9.88. The number of hydrogen-bond donors (Lipinski definition) is 1. The second-order valence-electron chi connectivity index (χ2n) is 11.1. The van der Waals surface area contributed by atoms with Crippen LogP contribution in [0, 0.1) is 15.5 Å². The SMILES string of the molecule is COC(=O)c1ccc(C2CCN(C(=O)[C@@H](NC(=O)OCc3ccc([N+](=O)[O-])cc3)[C@@H](C)OCC3(C(F)(F)F)CC3)CC2)cc1. The molecule has 0 spiro atoms. The second-order valence-corrected chi connectivity index (χ2v) is 11.1. The van der Waals surface area contributed by atoms with Crippen LogP contribution in [0.2, 0.25) is 0 Å². The van der Waals surface area contributed by atoms with Gasteiger partial charge in [-0.1, -0.05) is 12.1 Å². The van der Waals surface area contributed by atoms with E-state index < -0.39 is 53.2 Å². The number of likely N-dealkylation sites (tertiary alicyclic amines) is 1. The average Bonchev–Trinajstić information content (AvgIpc) is 3.83. The van der Waals surface area contributed by atoms with E-state index in [0.717, 1.165) is 5.56 Å². The lowest BCUT2D eigenvalue weighted by Crippen LogP contribution is -2.56. The number of benzene rings is 2. The van der Waals surface area contributed by atoms with Crippen LogP contribution in [0.1, 0.15) is 60.0 Å². The minimum atomic E-state index is -4.44. The van der Waals surface area contributed by atoms with Gasteiger partial charge in [-0.05, 0) is 73.9 Å². The summed E-state index contributed by atoms with van der Waals surface area (Å²) in [5, 5.41) is 13.3. The third-order valence-corrected chi connectivity index (χ3v) is 8.21. The zero-order valence-electron chi connectivity index (χ0n) is 24.3. The van der Waals surface area contributed by atoms with Crippen molar-refractivity contribution in [1.29, 1.82) is 0 Å². The number of amides is 2. The highest BCUT2D eigenvalue weighted by Crippen LogP contribution is 2.57. The van der Waals surface area contributed by atoms with Crippen LogP contribution in [-0.2, 0) is 25.6 Å². The largest absolute Gasteiger partial charge is 0.465 e. The van der Waals surface area contributed by atoms with Gasteiger partial charge in [0.25, 0.3) is 5.69 Å². The maximum atomic E-state index is 13.6. The fourth-order valence-electron chi connectivity index (χ4n) is 5.10. The molecule has 1 heterocycles. The minimum Gasteiger partial charge on any atom is -0.465 e. The van der Waals surface area contributed by atoms with Crippen molar-refractivity contribution in [3.05, 3.63) is 75.3 Å². The Labute approximate surface area is 251 Å². The van der Waals surface area contributed by atoms with Crippen molar-refractivity contribution in [2.24, 2.45) is 5.41 Å². The molecule has 1 saturated carbocycles. The molecule has 2 amide bonds. The maximum absolute atomic E-state index is 13.6. The molecular weight excluding hydrogens is 587 g/mol. The number of methoxy groups -OCH3 is 1. The molecule has 0 aromatic heterocycles. The highest BCUT2D eigenvalue weighted by atomic mass is 19.4. The summed E-state index contributed by atoms with van der Waals surface area (Å²) >= 11 is 0. The van der Waals surface area contributed by atoms with Gasteiger partial charge in [-0.25, -0.2) is 9.59 Å². The summed E-state index contributed by atoms with van der Waals surface area (Å²) in [4.78, 5) is 49.9. The quantitative estimate of drug-likeness (QED) is 0.207. The molecule has 2 aliphatic rings. The third kappa shape index (κ3) is 7.84. The summed E-state index contributed by atoms with van der Waals surface area (Å²) in [6.07, 6.45) is -5.49. The molecule has 1 aliphatic carbocycles. The molecule has 2 fully saturated rings. The van der Waals surface area contributed by atoms with Crippen LogP contribution in [0.25, 0.3) is 0 Å². The number of nitrogens with zero attached hydrogens (tertiary/aromatic N) is 2. The van der Waals surface area contributed by atoms with E-state index in [9.17, 15) is 37.7 Å². The number of alkyl carbamates (subject to hydrolysis) is 1. The Bertz CT molecular complexity index is 1340. The molecule has 0 bridgehead atoms. The summed E-state index contributed by atoms with van der Waals surface area (Å²) in [5.74, 6) is -0.846. The van der Waals surface area contributed by atoms with Crippen LogP contribution >= 0.6 is 0 Å². The zero-order valence-corrected chi connectivity index (χ0v) is 24.3. The second kappa shape index (κ2) is 13.6. The molecule has 2 aromatic carbocycles. The average molecular weight is 622 g/mol. The van der Waals surface area contributed by atoms with E-state index in [0.29, 0.717) is 37.1 Å². The van der Waals surface area contributed by atoms with Crippen molar-refractivity contribution in [3.63, 3.8) is 0 Å². The highest BCUT2D eigenvalue weighted by molar-refractivity contribution is 5.89. The molecule has 1 saturated heterocycles. The van der Waals surface area contributed by atoms with Gasteiger partial charge in [0.15, 0.2) is 0 Å². The molecule has 238 valence electrons. The van der Waals surface area contributed by atoms with Gasteiger partial charge in [0.2, 0.25) is 5.91 Å². The Balaban J connectivity index is 1.39. The van der Waals surface area contributed by atoms with Crippen molar-refractivity contribution >= 4 is 23.7 Å². The van der Waals surface area contributed by atoms with Gasteiger partial charge in [0, 0.05) is 25.2 Å². The van der Waals surface area contributed by atoms with E-state index in [1.165, 1.54) is 43.2 Å². The topological polar surface area (TPSA) is 137 Å². The number of esters is 1. The van der Waals surface area contributed by atoms with Gasteiger partial charge in [0.05, 0.1) is 35.7 Å². The fraction of sp³-hybridized carbons (Fsp3) is 0.500. The van der Waals surface area contributed by atoms with Gasteiger partial charge < -0.3 is 24.4 Å². The number of carbonyl (C=O) groups is 3. The molecule has 14 heteroatoms. The van der Waals surface area contributed by atoms with E-state index in [1.54, 1.807) is 12.1 Å². The van der Waals surface area contributed by atoms with Crippen LogP contribution < -0.4 is 5.32 Å². The number of rotatable bonds is 11. The molecule has 44 heavy (non-hydrogen) atoms. The maximum Gasteiger partial charge on any atom is 0.408 e. The zero-order chi connectivity index (χ0) is 32.1. The van der Waals surface area contributed by atoms with E-state index >= 15 is 0 Å². The Hall–Kier alpha value is -4.20. The first-order valence-corrected chi connectivity index (χ1v) is 14.2. The minimum absolute atomic E-state index is 0.0688. The molecule has 0 unspecified atom stereocenters. The van der Waals surface area contributed by atoms with Gasteiger partial charge >= 0.3 is 18.2 Å². The number of carbonyl (C=O) groups excluding carboxylic acids is 3. The summed E-state index contributed by atoms with van der Waals surface area (Å²) in [6, 6.07) is 11.0. The Kier molecular flexibility index (Phi) is 10.1.